The number of ketones is 1. The summed E-state index contributed by atoms with van der Waals surface area (Å²) >= 11 is 1.60. The SMILES string of the molecule is COc1ccc([C@@]23C[C@@H]2CN(CCCSc2nnc(-c4ccc(C(F)(F)F)cc4)n2C)C3)cc1C(C)=O.Cl. The van der Waals surface area contributed by atoms with Gasteiger partial charge in [-0.3, -0.25) is 4.79 Å². The Morgan fingerprint density at radius 3 is 2.58 bits per heavy atom. The van der Waals surface area contributed by atoms with Crippen molar-refractivity contribution in [3.8, 4) is 17.1 Å². The molecule has 3 aromatic rings. The van der Waals surface area contributed by atoms with Gasteiger partial charge in [0.2, 0.25) is 0 Å². The Balaban J connectivity index is 0.00000336. The van der Waals surface area contributed by atoms with Crippen LogP contribution in [-0.4, -0.2) is 57.9 Å². The first-order chi connectivity index (χ1) is 17.6. The molecule has 1 aromatic heterocycles. The summed E-state index contributed by atoms with van der Waals surface area (Å²) in [5.41, 5.74) is 1.94. The summed E-state index contributed by atoms with van der Waals surface area (Å²) < 4.78 is 45.7. The molecule has 0 spiro atoms. The summed E-state index contributed by atoms with van der Waals surface area (Å²) in [6, 6.07) is 11.0. The quantitative estimate of drug-likeness (QED) is 0.183. The number of ether oxygens (including phenoxy) is 1. The van der Waals surface area contributed by atoms with Crippen LogP contribution < -0.4 is 4.74 Å². The molecule has 0 amide bonds. The van der Waals surface area contributed by atoms with Crippen LogP contribution in [0.5, 0.6) is 5.75 Å². The fourth-order valence-electron chi connectivity index (χ4n) is 5.45. The van der Waals surface area contributed by atoms with E-state index in [9.17, 15) is 18.0 Å². The Morgan fingerprint density at radius 1 is 1.18 bits per heavy atom. The molecular weight excluding hydrogens is 537 g/mol. The highest BCUT2D eigenvalue weighted by molar-refractivity contribution is 7.99. The average Bonchev–Trinajstić information content (AvgIpc) is 3.25. The van der Waals surface area contributed by atoms with Crippen molar-refractivity contribution in [2.75, 3.05) is 32.5 Å². The zero-order valence-electron chi connectivity index (χ0n) is 21.4. The number of piperidine rings is 1. The normalized spacial score (nSPS) is 20.6. The molecule has 0 bridgehead atoms. The number of rotatable bonds is 9. The van der Waals surface area contributed by atoms with Crippen LogP contribution in [0.1, 0.15) is 41.3 Å². The van der Waals surface area contributed by atoms with E-state index in [0.717, 1.165) is 55.5 Å². The number of nitrogens with zero attached hydrogens (tertiary/aromatic N) is 4. The van der Waals surface area contributed by atoms with Crippen molar-refractivity contribution in [1.82, 2.24) is 19.7 Å². The van der Waals surface area contributed by atoms with Gasteiger partial charge in [-0.2, -0.15) is 13.2 Å². The molecule has 0 radical (unpaired) electrons. The first kappa shape index (κ1) is 28.4. The van der Waals surface area contributed by atoms with Crippen LogP contribution in [0.25, 0.3) is 11.4 Å². The molecule has 11 heteroatoms. The summed E-state index contributed by atoms with van der Waals surface area (Å²) in [6.45, 7) is 4.61. The van der Waals surface area contributed by atoms with Crippen LogP contribution in [0, 0.1) is 5.92 Å². The monoisotopic (exact) mass is 566 g/mol. The Hall–Kier alpha value is -2.56. The van der Waals surface area contributed by atoms with Gasteiger partial charge in [-0.05, 0) is 62.1 Å². The van der Waals surface area contributed by atoms with Crippen LogP contribution in [0.3, 0.4) is 0 Å². The number of likely N-dealkylation sites (tertiary alicyclic amines) is 1. The molecule has 2 aliphatic rings. The van der Waals surface area contributed by atoms with Crippen molar-refractivity contribution >= 4 is 30.0 Å². The Morgan fingerprint density at radius 2 is 1.92 bits per heavy atom. The summed E-state index contributed by atoms with van der Waals surface area (Å²) in [7, 11) is 3.42. The second-order valence-electron chi connectivity index (χ2n) is 9.91. The molecule has 5 rings (SSSR count). The van der Waals surface area contributed by atoms with Gasteiger partial charge in [-0.1, -0.05) is 30.0 Å². The van der Waals surface area contributed by atoms with E-state index in [1.807, 2.05) is 23.7 Å². The fourth-order valence-corrected chi connectivity index (χ4v) is 6.28. The zero-order valence-corrected chi connectivity index (χ0v) is 23.1. The number of halogens is 4. The number of hydrogen-bond donors (Lipinski definition) is 0. The number of carbonyl (C=O) groups excluding carboxylic acids is 1. The van der Waals surface area contributed by atoms with Crippen molar-refractivity contribution in [1.29, 1.82) is 0 Å². The maximum absolute atomic E-state index is 12.8. The molecule has 6 nitrogen and oxygen atoms in total. The predicted molar refractivity (Wildman–Crippen MR) is 143 cm³/mol. The number of methoxy groups -OCH3 is 1. The lowest BCUT2D eigenvalue weighted by Crippen LogP contribution is -2.28. The molecular formula is C27H30ClF3N4O2S. The maximum Gasteiger partial charge on any atom is 0.416 e. The highest BCUT2D eigenvalue weighted by Crippen LogP contribution is 2.59. The third-order valence-electron chi connectivity index (χ3n) is 7.53. The number of hydrogen-bond acceptors (Lipinski definition) is 6. The number of carbonyl (C=O) groups is 1. The minimum absolute atomic E-state index is 0. The summed E-state index contributed by atoms with van der Waals surface area (Å²) in [5, 5.41) is 9.17. The van der Waals surface area contributed by atoms with Gasteiger partial charge in [0.05, 0.1) is 18.2 Å². The molecule has 1 aliphatic heterocycles. The number of fused-ring (bicyclic) bond motifs is 1. The first-order valence-electron chi connectivity index (χ1n) is 12.2. The Bertz CT molecular complexity index is 1310. The molecule has 2 atom stereocenters. The van der Waals surface area contributed by atoms with E-state index in [1.54, 1.807) is 25.8 Å². The third-order valence-corrected chi connectivity index (χ3v) is 8.63. The van der Waals surface area contributed by atoms with Gasteiger partial charge in [0.15, 0.2) is 16.8 Å². The van der Waals surface area contributed by atoms with Gasteiger partial charge in [0.1, 0.15) is 5.75 Å². The van der Waals surface area contributed by atoms with E-state index in [4.69, 9.17) is 4.74 Å². The van der Waals surface area contributed by atoms with Gasteiger partial charge in [0, 0.05) is 36.9 Å². The smallest absolute Gasteiger partial charge is 0.416 e. The van der Waals surface area contributed by atoms with E-state index < -0.39 is 11.7 Å². The first-order valence-corrected chi connectivity index (χ1v) is 13.2. The minimum Gasteiger partial charge on any atom is -0.496 e. The number of thioether (sulfide) groups is 1. The third kappa shape index (κ3) is 5.44. The second kappa shape index (κ2) is 10.9. The van der Waals surface area contributed by atoms with E-state index in [-0.39, 0.29) is 23.6 Å². The molecule has 0 N–H and O–H groups in total. The molecule has 2 fully saturated rings. The van der Waals surface area contributed by atoms with Crippen molar-refractivity contribution < 1.29 is 22.7 Å². The molecule has 1 saturated carbocycles. The maximum atomic E-state index is 12.8. The van der Waals surface area contributed by atoms with Crippen LogP contribution in [0.15, 0.2) is 47.6 Å². The van der Waals surface area contributed by atoms with Crippen LogP contribution >= 0.6 is 24.2 Å². The van der Waals surface area contributed by atoms with Crippen molar-refractivity contribution in [3.05, 3.63) is 59.2 Å². The van der Waals surface area contributed by atoms with E-state index in [1.165, 1.54) is 17.7 Å². The van der Waals surface area contributed by atoms with E-state index >= 15 is 0 Å². The Kier molecular flexibility index (Phi) is 8.16. The van der Waals surface area contributed by atoms with Gasteiger partial charge in [-0.15, -0.1) is 22.6 Å². The van der Waals surface area contributed by atoms with Gasteiger partial charge in [-0.25, -0.2) is 0 Å². The summed E-state index contributed by atoms with van der Waals surface area (Å²) in [4.78, 5) is 14.6. The summed E-state index contributed by atoms with van der Waals surface area (Å²) in [6.07, 6.45) is -2.22. The standard InChI is InChI=1S/C27H29F3N4O2S.ClH/c1-17(35)22-13-20(9-10-23(22)36-3)26-14-21(26)15-34(16-26)11-4-12-37-25-32-31-24(33(25)2)18-5-7-19(8-6-18)27(28,29)30;/h5-10,13,21H,4,11-12,14-16H2,1-3H3;1H/t21-,26+;/m1./s1. The zero-order chi connectivity index (χ0) is 26.4. The lowest BCUT2D eigenvalue weighted by Gasteiger charge is -2.21. The average molecular weight is 567 g/mol. The van der Waals surface area contributed by atoms with Gasteiger partial charge < -0.3 is 14.2 Å². The number of Topliss-reactive ketones (excluding diaryl/α,β-unsaturated/α-hetero) is 1. The van der Waals surface area contributed by atoms with Crippen LogP contribution in [-0.2, 0) is 18.6 Å². The van der Waals surface area contributed by atoms with Crippen molar-refractivity contribution in [2.45, 2.75) is 36.5 Å². The van der Waals surface area contributed by atoms with Gasteiger partial charge in [0.25, 0.3) is 0 Å². The number of alkyl halides is 3. The molecule has 38 heavy (non-hydrogen) atoms. The topological polar surface area (TPSA) is 60.2 Å². The lowest BCUT2D eigenvalue weighted by atomic mass is 9.92. The van der Waals surface area contributed by atoms with Crippen molar-refractivity contribution in [2.24, 2.45) is 13.0 Å². The van der Waals surface area contributed by atoms with Crippen LogP contribution in [0.2, 0.25) is 0 Å². The van der Waals surface area contributed by atoms with Crippen LogP contribution in [0.4, 0.5) is 13.2 Å². The molecule has 1 saturated heterocycles. The van der Waals surface area contributed by atoms with E-state index in [0.29, 0.717) is 28.6 Å². The number of benzene rings is 2. The highest BCUT2D eigenvalue weighted by atomic mass is 35.5. The lowest BCUT2D eigenvalue weighted by molar-refractivity contribution is -0.137. The molecule has 2 heterocycles. The molecule has 1 aliphatic carbocycles. The summed E-state index contributed by atoms with van der Waals surface area (Å²) in [5.74, 6) is 2.68. The minimum atomic E-state index is -4.36. The molecule has 204 valence electrons. The van der Waals surface area contributed by atoms with E-state index in [2.05, 4.69) is 21.2 Å². The second-order valence-corrected chi connectivity index (χ2v) is 11.0. The van der Waals surface area contributed by atoms with Gasteiger partial charge >= 0.3 is 6.18 Å². The number of aromatic nitrogens is 3. The molecule has 0 unspecified atom stereocenters. The predicted octanol–water partition coefficient (Wildman–Crippen LogP) is 5.89. The largest absolute Gasteiger partial charge is 0.496 e. The highest BCUT2D eigenvalue weighted by Gasteiger charge is 2.60. The fraction of sp³-hybridized carbons (Fsp3) is 0.444. The van der Waals surface area contributed by atoms with Crippen molar-refractivity contribution in [3.63, 3.8) is 0 Å². The molecule has 2 aromatic carbocycles. The Labute approximate surface area is 230 Å².